The van der Waals surface area contributed by atoms with E-state index in [4.69, 9.17) is 4.74 Å². The van der Waals surface area contributed by atoms with Crippen LogP contribution in [0.5, 0.6) is 5.75 Å². The van der Waals surface area contributed by atoms with E-state index in [9.17, 15) is 0 Å². The van der Waals surface area contributed by atoms with E-state index in [1.165, 1.54) is 0 Å². The fourth-order valence-corrected chi connectivity index (χ4v) is 3.54. The number of nitrogens with zero attached hydrogens (tertiary/aromatic N) is 5. The molecule has 0 bridgehead atoms. The van der Waals surface area contributed by atoms with Gasteiger partial charge in [0.2, 0.25) is 0 Å². The van der Waals surface area contributed by atoms with Crippen LogP contribution >= 0.6 is 15.9 Å². The molecule has 4 rings (SSSR count). The maximum atomic E-state index is 5.48. The molecule has 24 heavy (non-hydrogen) atoms. The Balaban J connectivity index is 1.57. The van der Waals surface area contributed by atoms with Gasteiger partial charge in [0, 0.05) is 26.2 Å². The zero-order chi connectivity index (χ0) is 16.5. The zero-order valence-corrected chi connectivity index (χ0v) is 14.8. The average molecular weight is 389 g/mol. The van der Waals surface area contributed by atoms with E-state index in [1.807, 2.05) is 18.2 Å². The lowest BCUT2D eigenvalue weighted by atomic mass is 10.2. The summed E-state index contributed by atoms with van der Waals surface area (Å²) in [5.41, 5.74) is 1.82. The van der Waals surface area contributed by atoms with Crippen LogP contribution in [0.3, 0.4) is 0 Å². The van der Waals surface area contributed by atoms with E-state index in [0.717, 1.165) is 53.4 Å². The summed E-state index contributed by atoms with van der Waals surface area (Å²) in [6.45, 7) is 3.56. The Morgan fingerprint density at radius 3 is 2.62 bits per heavy atom. The van der Waals surface area contributed by atoms with Crippen molar-refractivity contribution in [1.82, 2.24) is 20.2 Å². The molecule has 0 saturated carbocycles. The number of hydrogen-bond acceptors (Lipinski definition) is 6. The molecule has 0 atom stereocenters. The van der Waals surface area contributed by atoms with Gasteiger partial charge in [-0.3, -0.25) is 5.10 Å². The topological polar surface area (TPSA) is 70.2 Å². The largest absolute Gasteiger partial charge is 0.495 e. The number of H-pyrrole nitrogens is 1. The normalized spacial score (nSPS) is 15.1. The minimum atomic E-state index is 0.680. The number of aromatic amines is 1. The Hall–Kier alpha value is -2.35. The lowest BCUT2D eigenvalue weighted by Crippen LogP contribution is -2.47. The van der Waals surface area contributed by atoms with Crippen LogP contribution in [0.2, 0.25) is 0 Å². The van der Waals surface area contributed by atoms with Crippen molar-refractivity contribution in [3.05, 3.63) is 35.2 Å². The van der Waals surface area contributed by atoms with Crippen LogP contribution in [0.4, 0.5) is 11.5 Å². The Bertz CT molecular complexity index is 859. The van der Waals surface area contributed by atoms with E-state index in [1.54, 1.807) is 13.4 Å². The number of piperazine rings is 1. The standard InChI is InChI=1S/C16H17BrN6O/c1-24-12-5-3-2-4-11(12)22-6-8-23(9-7-22)16-13-14(17)20-21-15(13)18-10-19-16/h2-5,10H,6-9H2,1H3,(H,18,19,20,21). The van der Waals surface area contributed by atoms with Crippen LogP contribution in [-0.4, -0.2) is 53.5 Å². The number of benzene rings is 1. The number of nitrogens with one attached hydrogen (secondary N) is 1. The van der Waals surface area contributed by atoms with Gasteiger partial charge in [-0.25, -0.2) is 9.97 Å². The zero-order valence-electron chi connectivity index (χ0n) is 13.2. The SMILES string of the molecule is COc1ccccc1N1CCN(c2ncnc3n[nH]c(Br)c23)CC1. The molecule has 1 aliphatic heterocycles. The molecule has 3 heterocycles. The van der Waals surface area contributed by atoms with Gasteiger partial charge >= 0.3 is 0 Å². The van der Waals surface area contributed by atoms with Crippen molar-refractivity contribution in [1.29, 1.82) is 0 Å². The number of para-hydroxylation sites is 2. The molecule has 0 unspecified atom stereocenters. The first-order chi connectivity index (χ1) is 11.8. The van der Waals surface area contributed by atoms with Crippen molar-refractivity contribution in [3.8, 4) is 5.75 Å². The molecular formula is C16H17BrN6O. The van der Waals surface area contributed by atoms with Crippen molar-refractivity contribution < 1.29 is 4.74 Å². The lowest BCUT2D eigenvalue weighted by Gasteiger charge is -2.37. The summed E-state index contributed by atoms with van der Waals surface area (Å²) in [4.78, 5) is 13.3. The van der Waals surface area contributed by atoms with Gasteiger partial charge < -0.3 is 14.5 Å². The van der Waals surface area contributed by atoms with Crippen LogP contribution < -0.4 is 14.5 Å². The molecule has 0 spiro atoms. The maximum Gasteiger partial charge on any atom is 0.187 e. The van der Waals surface area contributed by atoms with E-state index in [2.05, 4.69) is 52.0 Å². The first kappa shape index (κ1) is 15.2. The molecule has 0 amide bonds. The van der Waals surface area contributed by atoms with Gasteiger partial charge in [-0.2, -0.15) is 5.10 Å². The van der Waals surface area contributed by atoms with Crippen molar-refractivity contribution in [2.75, 3.05) is 43.1 Å². The molecule has 0 aliphatic carbocycles. The summed E-state index contributed by atoms with van der Waals surface area (Å²) in [6.07, 6.45) is 1.57. The van der Waals surface area contributed by atoms with Crippen LogP contribution in [0.25, 0.3) is 11.0 Å². The predicted molar refractivity (Wildman–Crippen MR) is 96.8 cm³/mol. The van der Waals surface area contributed by atoms with Gasteiger partial charge in [0.1, 0.15) is 22.5 Å². The molecule has 3 aromatic rings. The number of hydrogen-bond donors (Lipinski definition) is 1. The van der Waals surface area contributed by atoms with Gasteiger partial charge in [0.25, 0.3) is 0 Å². The molecule has 1 N–H and O–H groups in total. The van der Waals surface area contributed by atoms with Crippen LogP contribution in [0.15, 0.2) is 35.2 Å². The minimum Gasteiger partial charge on any atom is -0.495 e. The van der Waals surface area contributed by atoms with Crippen molar-refractivity contribution in [2.45, 2.75) is 0 Å². The molecule has 7 nitrogen and oxygen atoms in total. The van der Waals surface area contributed by atoms with Gasteiger partial charge in [-0.15, -0.1) is 0 Å². The number of methoxy groups -OCH3 is 1. The van der Waals surface area contributed by atoms with Gasteiger partial charge in [0.05, 0.1) is 18.2 Å². The third-order valence-corrected chi connectivity index (χ3v) is 4.87. The van der Waals surface area contributed by atoms with Crippen molar-refractivity contribution >= 4 is 38.5 Å². The second-order valence-electron chi connectivity index (χ2n) is 5.58. The Kier molecular flexibility index (Phi) is 3.97. The number of fused-ring (bicyclic) bond motifs is 1. The average Bonchev–Trinajstić information content (AvgIpc) is 3.03. The molecule has 1 aromatic carbocycles. The molecule has 124 valence electrons. The highest BCUT2D eigenvalue weighted by Gasteiger charge is 2.23. The molecule has 2 aromatic heterocycles. The Labute approximate surface area is 147 Å². The highest BCUT2D eigenvalue weighted by molar-refractivity contribution is 9.10. The molecule has 1 saturated heterocycles. The quantitative estimate of drug-likeness (QED) is 0.742. The maximum absolute atomic E-state index is 5.48. The molecule has 1 aliphatic rings. The van der Waals surface area contributed by atoms with Crippen molar-refractivity contribution in [2.24, 2.45) is 0 Å². The van der Waals surface area contributed by atoms with Crippen LogP contribution in [0, 0.1) is 0 Å². The van der Waals surface area contributed by atoms with Gasteiger partial charge in [-0.1, -0.05) is 12.1 Å². The second kappa shape index (κ2) is 6.27. The Morgan fingerprint density at radius 1 is 1.08 bits per heavy atom. The molecular weight excluding hydrogens is 372 g/mol. The third-order valence-electron chi connectivity index (χ3n) is 4.29. The summed E-state index contributed by atoms with van der Waals surface area (Å²) in [7, 11) is 1.71. The van der Waals surface area contributed by atoms with E-state index in [0.29, 0.717) is 5.65 Å². The lowest BCUT2D eigenvalue weighted by molar-refractivity contribution is 0.413. The van der Waals surface area contributed by atoms with E-state index < -0.39 is 0 Å². The summed E-state index contributed by atoms with van der Waals surface area (Å²) >= 11 is 3.50. The molecule has 8 heteroatoms. The second-order valence-corrected chi connectivity index (χ2v) is 6.37. The van der Waals surface area contributed by atoms with Crippen LogP contribution in [0.1, 0.15) is 0 Å². The summed E-state index contributed by atoms with van der Waals surface area (Å²) in [5, 5.41) is 8.03. The predicted octanol–water partition coefficient (Wildman–Crippen LogP) is 2.45. The minimum absolute atomic E-state index is 0.680. The van der Waals surface area contributed by atoms with Gasteiger partial charge in [0.15, 0.2) is 5.65 Å². The third kappa shape index (κ3) is 2.56. The number of halogens is 1. The highest BCUT2D eigenvalue weighted by Crippen LogP contribution is 2.31. The monoisotopic (exact) mass is 388 g/mol. The molecule has 0 radical (unpaired) electrons. The number of rotatable bonds is 3. The highest BCUT2D eigenvalue weighted by atomic mass is 79.9. The van der Waals surface area contributed by atoms with E-state index >= 15 is 0 Å². The molecule has 1 fully saturated rings. The first-order valence-corrected chi connectivity index (χ1v) is 8.54. The Morgan fingerprint density at radius 2 is 1.83 bits per heavy atom. The van der Waals surface area contributed by atoms with Crippen LogP contribution in [-0.2, 0) is 0 Å². The van der Waals surface area contributed by atoms with E-state index in [-0.39, 0.29) is 0 Å². The number of anilines is 2. The fraction of sp³-hybridized carbons (Fsp3) is 0.312. The fourth-order valence-electron chi connectivity index (χ4n) is 3.10. The smallest absolute Gasteiger partial charge is 0.187 e. The van der Waals surface area contributed by atoms with Crippen molar-refractivity contribution in [3.63, 3.8) is 0 Å². The number of ether oxygens (including phenoxy) is 1. The van der Waals surface area contributed by atoms with Gasteiger partial charge in [-0.05, 0) is 28.1 Å². The summed E-state index contributed by atoms with van der Waals surface area (Å²) in [5.74, 6) is 1.83. The first-order valence-electron chi connectivity index (χ1n) is 7.75. The number of aromatic nitrogens is 4. The summed E-state index contributed by atoms with van der Waals surface area (Å²) in [6, 6.07) is 8.13. The summed E-state index contributed by atoms with van der Waals surface area (Å²) < 4.78 is 6.30.